The van der Waals surface area contributed by atoms with Gasteiger partial charge in [0.2, 0.25) is 5.91 Å². The number of benzene rings is 1. The van der Waals surface area contributed by atoms with Gasteiger partial charge in [-0.2, -0.15) is 5.26 Å². The number of hydrogen-bond acceptors (Lipinski definition) is 3. The molecule has 0 bridgehead atoms. The molecule has 1 amide bonds. The van der Waals surface area contributed by atoms with Gasteiger partial charge in [0.15, 0.2) is 0 Å². The summed E-state index contributed by atoms with van der Waals surface area (Å²) in [6, 6.07) is 13.9. The molecule has 0 saturated heterocycles. The lowest BCUT2D eigenvalue weighted by Crippen LogP contribution is -2.11. The van der Waals surface area contributed by atoms with Crippen LogP contribution in [0.5, 0.6) is 0 Å². The SMILES string of the molecule is N#Cc1ccsc1NC(=O)CCCc1ccccc1. The predicted molar refractivity (Wildman–Crippen MR) is 77.0 cm³/mol. The number of nitriles is 1. The van der Waals surface area contributed by atoms with E-state index in [1.807, 2.05) is 18.2 Å². The average molecular weight is 270 g/mol. The van der Waals surface area contributed by atoms with Crippen LogP contribution in [-0.2, 0) is 11.2 Å². The van der Waals surface area contributed by atoms with Crippen molar-refractivity contribution in [2.24, 2.45) is 0 Å². The Morgan fingerprint density at radius 3 is 2.79 bits per heavy atom. The molecule has 0 aliphatic rings. The first-order valence-corrected chi connectivity index (χ1v) is 6.99. The van der Waals surface area contributed by atoms with Crippen molar-refractivity contribution in [3.8, 4) is 6.07 Å². The molecule has 3 nitrogen and oxygen atoms in total. The monoisotopic (exact) mass is 270 g/mol. The van der Waals surface area contributed by atoms with Gasteiger partial charge in [-0.25, -0.2) is 0 Å². The van der Waals surface area contributed by atoms with Crippen molar-refractivity contribution in [3.63, 3.8) is 0 Å². The van der Waals surface area contributed by atoms with Crippen LogP contribution in [-0.4, -0.2) is 5.91 Å². The van der Waals surface area contributed by atoms with Gasteiger partial charge in [-0.3, -0.25) is 4.79 Å². The number of aryl methyl sites for hydroxylation is 1. The fraction of sp³-hybridized carbons (Fsp3) is 0.200. The lowest BCUT2D eigenvalue weighted by atomic mass is 10.1. The minimum Gasteiger partial charge on any atom is -0.317 e. The summed E-state index contributed by atoms with van der Waals surface area (Å²) < 4.78 is 0. The zero-order valence-electron chi connectivity index (χ0n) is 10.4. The van der Waals surface area contributed by atoms with Gasteiger partial charge in [0.05, 0.1) is 5.56 Å². The number of nitrogens with zero attached hydrogens (tertiary/aromatic N) is 1. The Morgan fingerprint density at radius 1 is 1.26 bits per heavy atom. The summed E-state index contributed by atoms with van der Waals surface area (Å²) in [5.41, 5.74) is 1.77. The maximum absolute atomic E-state index is 11.8. The summed E-state index contributed by atoms with van der Waals surface area (Å²) in [7, 11) is 0. The van der Waals surface area contributed by atoms with E-state index >= 15 is 0 Å². The number of hydrogen-bond donors (Lipinski definition) is 1. The predicted octanol–water partition coefficient (Wildman–Crippen LogP) is 3.58. The van der Waals surface area contributed by atoms with Crippen LogP contribution in [0.3, 0.4) is 0 Å². The number of thiophene rings is 1. The fourth-order valence-electron chi connectivity index (χ4n) is 1.78. The van der Waals surface area contributed by atoms with Crippen LogP contribution in [0.25, 0.3) is 0 Å². The second-order valence-electron chi connectivity index (χ2n) is 4.16. The van der Waals surface area contributed by atoms with Crippen LogP contribution in [0, 0.1) is 11.3 Å². The van der Waals surface area contributed by atoms with Gasteiger partial charge in [0.1, 0.15) is 11.1 Å². The first-order valence-electron chi connectivity index (χ1n) is 6.11. The molecule has 0 aliphatic carbocycles. The van der Waals surface area contributed by atoms with Gasteiger partial charge in [0, 0.05) is 6.42 Å². The molecule has 0 fully saturated rings. The van der Waals surface area contributed by atoms with E-state index in [0.29, 0.717) is 17.0 Å². The Morgan fingerprint density at radius 2 is 2.05 bits per heavy atom. The highest BCUT2D eigenvalue weighted by atomic mass is 32.1. The van der Waals surface area contributed by atoms with E-state index in [2.05, 4.69) is 23.5 Å². The topological polar surface area (TPSA) is 52.9 Å². The van der Waals surface area contributed by atoms with Gasteiger partial charge in [0.25, 0.3) is 0 Å². The summed E-state index contributed by atoms with van der Waals surface area (Å²) in [6.45, 7) is 0. The van der Waals surface area contributed by atoms with Crippen molar-refractivity contribution in [2.75, 3.05) is 5.32 Å². The standard InChI is InChI=1S/C15H14N2OS/c16-11-13-9-10-19-15(13)17-14(18)8-4-7-12-5-2-1-3-6-12/h1-3,5-6,9-10H,4,7-8H2,(H,17,18). The molecule has 96 valence electrons. The highest BCUT2D eigenvalue weighted by Crippen LogP contribution is 2.22. The molecule has 1 N–H and O–H groups in total. The smallest absolute Gasteiger partial charge is 0.225 e. The molecule has 0 spiro atoms. The first-order chi connectivity index (χ1) is 9.29. The molecule has 2 aromatic rings. The second-order valence-corrected chi connectivity index (χ2v) is 5.08. The summed E-state index contributed by atoms with van der Waals surface area (Å²) in [5.74, 6) is -0.0325. The Hall–Kier alpha value is -2.12. The van der Waals surface area contributed by atoms with E-state index in [1.54, 1.807) is 11.4 Å². The number of rotatable bonds is 5. The summed E-state index contributed by atoms with van der Waals surface area (Å²) in [6.07, 6.45) is 2.17. The van der Waals surface area contributed by atoms with Crippen LogP contribution in [0.15, 0.2) is 41.8 Å². The van der Waals surface area contributed by atoms with Gasteiger partial charge in [-0.1, -0.05) is 30.3 Å². The van der Waals surface area contributed by atoms with Crippen molar-refractivity contribution >= 4 is 22.2 Å². The van der Waals surface area contributed by atoms with Crippen LogP contribution in [0.2, 0.25) is 0 Å². The number of carbonyl (C=O) groups excluding carboxylic acids is 1. The summed E-state index contributed by atoms with van der Waals surface area (Å²) in [4.78, 5) is 11.8. The minimum atomic E-state index is -0.0325. The van der Waals surface area contributed by atoms with Crippen LogP contribution in [0.4, 0.5) is 5.00 Å². The highest BCUT2D eigenvalue weighted by molar-refractivity contribution is 7.14. The van der Waals surface area contributed by atoms with Gasteiger partial charge >= 0.3 is 0 Å². The van der Waals surface area contributed by atoms with Crippen molar-refractivity contribution in [2.45, 2.75) is 19.3 Å². The zero-order chi connectivity index (χ0) is 13.5. The quantitative estimate of drug-likeness (QED) is 0.902. The third-order valence-electron chi connectivity index (χ3n) is 2.75. The van der Waals surface area contributed by atoms with E-state index < -0.39 is 0 Å². The molecule has 4 heteroatoms. The maximum Gasteiger partial charge on any atom is 0.225 e. The lowest BCUT2D eigenvalue weighted by molar-refractivity contribution is -0.116. The molecule has 19 heavy (non-hydrogen) atoms. The Bertz CT molecular complexity index is 584. The molecule has 0 saturated carbocycles. The molecule has 0 aliphatic heterocycles. The lowest BCUT2D eigenvalue weighted by Gasteiger charge is -2.03. The summed E-state index contributed by atoms with van der Waals surface area (Å²) >= 11 is 1.38. The van der Waals surface area contributed by atoms with Gasteiger partial charge < -0.3 is 5.32 Å². The Labute approximate surface area is 116 Å². The molecule has 1 aromatic heterocycles. The molecule has 0 atom stereocenters. The van der Waals surface area contributed by atoms with E-state index in [-0.39, 0.29) is 5.91 Å². The Balaban J connectivity index is 1.78. The van der Waals surface area contributed by atoms with E-state index in [0.717, 1.165) is 12.8 Å². The number of nitrogens with one attached hydrogen (secondary N) is 1. The van der Waals surface area contributed by atoms with Gasteiger partial charge in [-0.05, 0) is 29.9 Å². The van der Waals surface area contributed by atoms with E-state index in [1.165, 1.54) is 16.9 Å². The summed E-state index contributed by atoms with van der Waals surface area (Å²) in [5, 5.41) is 14.1. The molecule has 0 radical (unpaired) electrons. The molecule has 0 unspecified atom stereocenters. The molecular formula is C15H14N2OS. The van der Waals surface area contributed by atoms with Crippen molar-refractivity contribution < 1.29 is 4.79 Å². The molecule has 1 heterocycles. The number of amides is 1. The third kappa shape index (κ3) is 3.94. The van der Waals surface area contributed by atoms with Crippen molar-refractivity contribution in [1.29, 1.82) is 5.26 Å². The van der Waals surface area contributed by atoms with E-state index in [9.17, 15) is 4.79 Å². The van der Waals surface area contributed by atoms with Crippen LogP contribution in [0.1, 0.15) is 24.0 Å². The maximum atomic E-state index is 11.8. The van der Waals surface area contributed by atoms with Crippen molar-refractivity contribution in [3.05, 3.63) is 52.9 Å². The average Bonchev–Trinajstić information content (AvgIpc) is 2.87. The van der Waals surface area contributed by atoms with Crippen molar-refractivity contribution in [1.82, 2.24) is 0 Å². The van der Waals surface area contributed by atoms with Crippen LogP contribution < -0.4 is 5.32 Å². The zero-order valence-corrected chi connectivity index (χ0v) is 11.2. The minimum absolute atomic E-state index is 0.0325. The normalized spacial score (nSPS) is 9.84. The first kappa shape index (κ1) is 13.3. The second kappa shape index (κ2) is 6.72. The Kier molecular flexibility index (Phi) is 4.71. The number of carbonyl (C=O) groups is 1. The van der Waals surface area contributed by atoms with Gasteiger partial charge in [-0.15, -0.1) is 11.3 Å². The van der Waals surface area contributed by atoms with E-state index in [4.69, 9.17) is 5.26 Å². The highest BCUT2D eigenvalue weighted by Gasteiger charge is 2.07. The molecule has 2 rings (SSSR count). The number of anilines is 1. The molecular weight excluding hydrogens is 256 g/mol. The van der Waals surface area contributed by atoms with Crippen LogP contribution >= 0.6 is 11.3 Å². The largest absolute Gasteiger partial charge is 0.317 e. The third-order valence-corrected chi connectivity index (χ3v) is 3.58. The fourth-order valence-corrected chi connectivity index (χ4v) is 2.53. The molecule has 1 aromatic carbocycles.